The monoisotopic (exact) mass is 266 g/mol. The van der Waals surface area contributed by atoms with Gasteiger partial charge in [-0.05, 0) is 30.2 Å². The molecule has 0 spiro atoms. The van der Waals surface area contributed by atoms with Crippen LogP contribution in [0.2, 0.25) is 0 Å². The van der Waals surface area contributed by atoms with Crippen LogP contribution in [0, 0.1) is 11.3 Å². The summed E-state index contributed by atoms with van der Waals surface area (Å²) < 4.78 is 0. The van der Waals surface area contributed by atoms with Crippen molar-refractivity contribution in [1.82, 2.24) is 5.32 Å². The highest BCUT2D eigenvalue weighted by atomic mass is 16.3. The summed E-state index contributed by atoms with van der Waals surface area (Å²) in [6, 6.07) is 17.2. The predicted molar refractivity (Wildman–Crippen MR) is 79.1 cm³/mol. The molecule has 1 atom stereocenters. The Kier molecular flexibility index (Phi) is 4.75. The molecule has 3 nitrogen and oxygen atoms in total. The SMILES string of the molecule is CCC(NCc1cccc(C#N)c1)c1ccccc1O. The molecule has 0 aliphatic carbocycles. The normalized spacial score (nSPS) is 11.8. The van der Waals surface area contributed by atoms with Crippen LogP contribution >= 0.6 is 0 Å². The van der Waals surface area contributed by atoms with Crippen LogP contribution in [0.3, 0.4) is 0 Å². The van der Waals surface area contributed by atoms with E-state index in [2.05, 4.69) is 18.3 Å². The second kappa shape index (κ2) is 6.74. The van der Waals surface area contributed by atoms with Gasteiger partial charge in [-0.2, -0.15) is 5.26 Å². The summed E-state index contributed by atoms with van der Waals surface area (Å²) in [5.41, 5.74) is 2.64. The van der Waals surface area contributed by atoms with Crippen LogP contribution < -0.4 is 5.32 Å². The molecule has 2 N–H and O–H groups in total. The first-order valence-electron chi connectivity index (χ1n) is 6.75. The third kappa shape index (κ3) is 3.37. The number of benzene rings is 2. The van der Waals surface area contributed by atoms with Crippen LogP contribution in [-0.4, -0.2) is 5.11 Å². The molecular formula is C17H18N2O. The van der Waals surface area contributed by atoms with Crippen molar-refractivity contribution in [2.24, 2.45) is 0 Å². The maximum atomic E-state index is 9.91. The van der Waals surface area contributed by atoms with Crippen molar-refractivity contribution in [3.63, 3.8) is 0 Å². The van der Waals surface area contributed by atoms with Gasteiger partial charge in [-0.3, -0.25) is 0 Å². The van der Waals surface area contributed by atoms with E-state index in [1.54, 1.807) is 12.1 Å². The lowest BCUT2D eigenvalue weighted by molar-refractivity contribution is 0.441. The molecule has 1 unspecified atom stereocenters. The molecule has 0 fully saturated rings. The molecule has 0 radical (unpaired) electrons. The largest absolute Gasteiger partial charge is 0.508 e. The van der Waals surface area contributed by atoms with E-state index in [9.17, 15) is 5.11 Å². The molecule has 2 aromatic carbocycles. The molecule has 0 heterocycles. The lowest BCUT2D eigenvalue weighted by Gasteiger charge is -2.18. The fourth-order valence-corrected chi connectivity index (χ4v) is 2.25. The van der Waals surface area contributed by atoms with Gasteiger partial charge in [-0.15, -0.1) is 0 Å². The zero-order valence-electron chi connectivity index (χ0n) is 11.5. The smallest absolute Gasteiger partial charge is 0.120 e. The van der Waals surface area contributed by atoms with Crippen LogP contribution in [0.5, 0.6) is 5.75 Å². The highest BCUT2D eigenvalue weighted by Gasteiger charge is 2.12. The number of para-hydroxylation sites is 1. The Labute approximate surface area is 119 Å². The number of phenolic OH excluding ortho intramolecular Hbond substituents is 1. The average Bonchev–Trinajstić information content (AvgIpc) is 2.49. The van der Waals surface area contributed by atoms with Gasteiger partial charge in [-0.25, -0.2) is 0 Å². The molecule has 2 rings (SSSR count). The third-order valence-corrected chi connectivity index (χ3v) is 3.33. The molecule has 0 aliphatic heterocycles. The Bertz CT molecular complexity index is 616. The summed E-state index contributed by atoms with van der Waals surface area (Å²) in [7, 11) is 0. The minimum absolute atomic E-state index is 0.0990. The number of hydrogen-bond donors (Lipinski definition) is 2. The summed E-state index contributed by atoms with van der Waals surface area (Å²) >= 11 is 0. The minimum Gasteiger partial charge on any atom is -0.508 e. The highest BCUT2D eigenvalue weighted by molar-refractivity contribution is 5.35. The zero-order valence-corrected chi connectivity index (χ0v) is 11.5. The number of rotatable bonds is 5. The number of hydrogen-bond acceptors (Lipinski definition) is 3. The molecule has 0 saturated heterocycles. The standard InChI is InChI=1S/C17H18N2O/c1-2-16(15-8-3-4-9-17(15)20)19-12-14-7-5-6-13(10-14)11-18/h3-10,16,19-20H,2,12H2,1H3. The van der Waals surface area contributed by atoms with Gasteiger partial charge in [0.2, 0.25) is 0 Å². The summed E-state index contributed by atoms with van der Waals surface area (Å²) in [4.78, 5) is 0. The van der Waals surface area contributed by atoms with E-state index in [-0.39, 0.29) is 6.04 Å². The van der Waals surface area contributed by atoms with Gasteiger partial charge in [0.05, 0.1) is 11.6 Å². The van der Waals surface area contributed by atoms with Crippen LogP contribution in [-0.2, 0) is 6.54 Å². The van der Waals surface area contributed by atoms with E-state index in [1.807, 2.05) is 36.4 Å². The van der Waals surface area contributed by atoms with E-state index in [0.717, 1.165) is 17.5 Å². The quantitative estimate of drug-likeness (QED) is 0.870. The summed E-state index contributed by atoms with van der Waals surface area (Å²) in [6.07, 6.45) is 0.884. The third-order valence-electron chi connectivity index (χ3n) is 3.33. The number of aromatic hydroxyl groups is 1. The fourth-order valence-electron chi connectivity index (χ4n) is 2.25. The first kappa shape index (κ1) is 14.1. The maximum absolute atomic E-state index is 9.91. The van der Waals surface area contributed by atoms with Gasteiger partial charge in [0.25, 0.3) is 0 Å². The van der Waals surface area contributed by atoms with Crippen LogP contribution in [0.1, 0.15) is 36.1 Å². The lowest BCUT2D eigenvalue weighted by Crippen LogP contribution is -2.20. The maximum Gasteiger partial charge on any atom is 0.120 e. The number of nitriles is 1. The van der Waals surface area contributed by atoms with Crippen molar-refractivity contribution in [3.05, 3.63) is 65.2 Å². The van der Waals surface area contributed by atoms with Crippen molar-refractivity contribution in [2.75, 3.05) is 0 Å². The Morgan fingerprint density at radius 2 is 2.00 bits per heavy atom. The van der Waals surface area contributed by atoms with Gasteiger partial charge in [0, 0.05) is 18.2 Å². The molecule has 102 valence electrons. The molecule has 0 aromatic heterocycles. The second-order valence-electron chi connectivity index (χ2n) is 4.71. The number of phenols is 1. The molecule has 0 aliphatic rings. The first-order valence-corrected chi connectivity index (χ1v) is 6.75. The van der Waals surface area contributed by atoms with E-state index in [1.165, 1.54) is 0 Å². The summed E-state index contributed by atoms with van der Waals surface area (Å²) in [5.74, 6) is 0.317. The van der Waals surface area contributed by atoms with Gasteiger partial charge < -0.3 is 10.4 Å². The summed E-state index contributed by atoms with van der Waals surface area (Å²) in [6.45, 7) is 2.75. The Morgan fingerprint density at radius 3 is 2.70 bits per heavy atom. The van der Waals surface area contributed by atoms with Crippen molar-refractivity contribution >= 4 is 0 Å². The van der Waals surface area contributed by atoms with Crippen molar-refractivity contribution in [1.29, 1.82) is 5.26 Å². The Morgan fingerprint density at radius 1 is 1.20 bits per heavy atom. The van der Waals surface area contributed by atoms with Gasteiger partial charge in [0.15, 0.2) is 0 Å². The van der Waals surface area contributed by atoms with E-state index < -0.39 is 0 Å². The molecule has 0 amide bonds. The van der Waals surface area contributed by atoms with Crippen LogP contribution in [0.4, 0.5) is 0 Å². The van der Waals surface area contributed by atoms with Crippen LogP contribution in [0.15, 0.2) is 48.5 Å². The highest BCUT2D eigenvalue weighted by Crippen LogP contribution is 2.26. The molecule has 20 heavy (non-hydrogen) atoms. The molecule has 3 heteroatoms. The predicted octanol–water partition coefficient (Wildman–Crippen LogP) is 3.50. The molecule has 2 aromatic rings. The first-order chi connectivity index (χ1) is 9.74. The van der Waals surface area contributed by atoms with Crippen molar-refractivity contribution < 1.29 is 5.11 Å². The van der Waals surface area contributed by atoms with E-state index >= 15 is 0 Å². The van der Waals surface area contributed by atoms with Crippen molar-refractivity contribution in [2.45, 2.75) is 25.9 Å². The topological polar surface area (TPSA) is 56.0 Å². The molecular weight excluding hydrogens is 248 g/mol. The van der Waals surface area contributed by atoms with Gasteiger partial charge >= 0.3 is 0 Å². The Hall–Kier alpha value is -2.31. The van der Waals surface area contributed by atoms with Gasteiger partial charge in [0.1, 0.15) is 5.75 Å². The lowest BCUT2D eigenvalue weighted by atomic mass is 10.0. The van der Waals surface area contributed by atoms with Gasteiger partial charge in [-0.1, -0.05) is 37.3 Å². The second-order valence-corrected chi connectivity index (χ2v) is 4.71. The summed E-state index contributed by atoms with van der Waals surface area (Å²) in [5, 5.41) is 22.2. The average molecular weight is 266 g/mol. The molecule has 0 bridgehead atoms. The number of nitrogens with zero attached hydrogens (tertiary/aromatic N) is 1. The molecule has 0 saturated carbocycles. The van der Waals surface area contributed by atoms with Crippen LogP contribution in [0.25, 0.3) is 0 Å². The number of nitrogens with one attached hydrogen (secondary N) is 1. The van der Waals surface area contributed by atoms with Crippen molar-refractivity contribution in [3.8, 4) is 11.8 Å². The Balaban J connectivity index is 2.08. The zero-order chi connectivity index (χ0) is 14.4. The fraction of sp³-hybridized carbons (Fsp3) is 0.235. The minimum atomic E-state index is 0.0990. The van der Waals surface area contributed by atoms with E-state index in [0.29, 0.717) is 17.9 Å². The van der Waals surface area contributed by atoms with E-state index in [4.69, 9.17) is 5.26 Å².